The van der Waals surface area contributed by atoms with Crippen LogP contribution in [0, 0.1) is 5.41 Å². The predicted octanol–water partition coefficient (Wildman–Crippen LogP) is 4.67. The second-order valence-electron chi connectivity index (χ2n) is 8.10. The zero-order valence-electron chi connectivity index (χ0n) is 15.5. The number of alkyl halides is 3. The van der Waals surface area contributed by atoms with Crippen LogP contribution in [0.25, 0.3) is 5.57 Å². The Kier molecular flexibility index (Phi) is 5.59. The summed E-state index contributed by atoms with van der Waals surface area (Å²) in [5, 5.41) is 3.07. The molecule has 1 aromatic carbocycles. The van der Waals surface area contributed by atoms with Crippen LogP contribution in [0.2, 0.25) is 5.02 Å². The van der Waals surface area contributed by atoms with Crippen LogP contribution in [-0.4, -0.2) is 42.7 Å². The first-order chi connectivity index (χ1) is 12.6. The molecule has 7 heteroatoms. The minimum atomic E-state index is -4.36. The van der Waals surface area contributed by atoms with Crippen molar-refractivity contribution in [1.82, 2.24) is 10.2 Å². The van der Waals surface area contributed by atoms with Gasteiger partial charge in [-0.1, -0.05) is 37.6 Å². The lowest BCUT2D eigenvalue weighted by molar-refractivity contribution is -0.167. The average molecular weight is 401 g/mol. The summed E-state index contributed by atoms with van der Waals surface area (Å²) in [6.45, 7) is 4.38. The summed E-state index contributed by atoms with van der Waals surface area (Å²) in [6, 6.07) is 5.64. The predicted molar refractivity (Wildman–Crippen MR) is 100 cm³/mol. The van der Waals surface area contributed by atoms with E-state index in [9.17, 15) is 18.0 Å². The third kappa shape index (κ3) is 4.66. The van der Waals surface area contributed by atoms with E-state index in [2.05, 4.69) is 19.2 Å². The number of carbonyl (C=O) groups excluding carboxylic acids is 1. The third-order valence-corrected chi connectivity index (χ3v) is 5.63. The van der Waals surface area contributed by atoms with Gasteiger partial charge in [0.15, 0.2) is 0 Å². The molecule has 0 saturated carbocycles. The van der Waals surface area contributed by atoms with E-state index in [1.165, 1.54) is 4.90 Å². The number of amides is 1. The minimum absolute atomic E-state index is 0.0384. The van der Waals surface area contributed by atoms with Crippen molar-refractivity contribution in [3.63, 3.8) is 0 Å². The molecule has 0 spiro atoms. The molecule has 0 bridgehead atoms. The Morgan fingerprint density at radius 1 is 1.26 bits per heavy atom. The quantitative estimate of drug-likeness (QED) is 0.782. The Morgan fingerprint density at radius 2 is 1.93 bits per heavy atom. The number of piperazine rings is 1. The van der Waals surface area contributed by atoms with Crippen LogP contribution in [-0.2, 0) is 4.79 Å². The van der Waals surface area contributed by atoms with Crippen molar-refractivity contribution in [3.05, 3.63) is 40.4 Å². The maximum atomic E-state index is 13.1. The van der Waals surface area contributed by atoms with Crippen LogP contribution in [0.15, 0.2) is 29.8 Å². The first kappa shape index (κ1) is 20.2. The van der Waals surface area contributed by atoms with Gasteiger partial charge in [0.05, 0.1) is 0 Å². The van der Waals surface area contributed by atoms with Crippen LogP contribution in [0.4, 0.5) is 13.2 Å². The molecule has 1 aliphatic carbocycles. The molecule has 0 aromatic heterocycles. The van der Waals surface area contributed by atoms with Crippen molar-refractivity contribution >= 4 is 23.1 Å². The van der Waals surface area contributed by atoms with E-state index in [1.807, 2.05) is 12.1 Å². The van der Waals surface area contributed by atoms with Gasteiger partial charge >= 0.3 is 6.18 Å². The van der Waals surface area contributed by atoms with Gasteiger partial charge in [-0.25, -0.2) is 0 Å². The first-order valence-electron chi connectivity index (χ1n) is 9.14. The van der Waals surface area contributed by atoms with E-state index >= 15 is 0 Å². The molecule has 3 rings (SSSR count). The molecule has 1 atom stereocenters. The molecule has 148 valence electrons. The summed E-state index contributed by atoms with van der Waals surface area (Å²) in [5.41, 5.74) is 2.52. The Morgan fingerprint density at radius 3 is 2.56 bits per heavy atom. The number of rotatable bonds is 2. The Bertz CT molecular complexity index is 741. The van der Waals surface area contributed by atoms with Crippen molar-refractivity contribution in [2.75, 3.05) is 19.6 Å². The van der Waals surface area contributed by atoms with E-state index in [1.54, 1.807) is 12.1 Å². The fourth-order valence-corrected chi connectivity index (χ4v) is 3.92. The third-order valence-electron chi connectivity index (χ3n) is 5.38. The van der Waals surface area contributed by atoms with E-state index in [0.717, 1.165) is 17.6 Å². The molecule has 1 aromatic rings. The number of benzene rings is 1. The normalized spacial score (nSPS) is 23.5. The molecule has 1 amide bonds. The number of nitrogens with zero attached hydrogens (tertiary/aromatic N) is 1. The molecule has 1 N–H and O–H groups in total. The van der Waals surface area contributed by atoms with Crippen molar-refractivity contribution in [3.8, 4) is 0 Å². The first-order valence-corrected chi connectivity index (χ1v) is 9.52. The second kappa shape index (κ2) is 7.47. The van der Waals surface area contributed by atoms with Gasteiger partial charge in [0, 0.05) is 30.2 Å². The lowest BCUT2D eigenvalue weighted by Gasteiger charge is -2.38. The Balaban J connectivity index is 1.92. The SMILES string of the molecule is CC1(C)CCC(C(=O)N2CCNC(C(F)(F)F)C2)=C(c2ccc(Cl)cc2)C1. The van der Waals surface area contributed by atoms with Gasteiger partial charge in [-0.05, 0) is 47.9 Å². The lowest BCUT2D eigenvalue weighted by atomic mass is 9.72. The molecule has 1 heterocycles. The maximum absolute atomic E-state index is 13.1. The zero-order valence-corrected chi connectivity index (χ0v) is 16.3. The van der Waals surface area contributed by atoms with E-state index in [4.69, 9.17) is 11.6 Å². The van der Waals surface area contributed by atoms with Gasteiger partial charge in [-0.2, -0.15) is 13.2 Å². The van der Waals surface area contributed by atoms with Gasteiger partial charge in [0.25, 0.3) is 0 Å². The molecule has 3 nitrogen and oxygen atoms in total. The average Bonchev–Trinajstić information content (AvgIpc) is 2.60. The van der Waals surface area contributed by atoms with Crippen molar-refractivity contribution in [2.24, 2.45) is 5.41 Å². The summed E-state index contributed by atoms with van der Waals surface area (Å²) in [6.07, 6.45) is -2.24. The van der Waals surface area contributed by atoms with Crippen LogP contribution in [0.1, 0.15) is 38.7 Å². The van der Waals surface area contributed by atoms with Crippen molar-refractivity contribution < 1.29 is 18.0 Å². The van der Waals surface area contributed by atoms with Gasteiger partial charge in [-0.3, -0.25) is 4.79 Å². The van der Waals surface area contributed by atoms with E-state index < -0.39 is 12.2 Å². The second-order valence-corrected chi connectivity index (χ2v) is 8.54. The van der Waals surface area contributed by atoms with Crippen LogP contribution >= 0.6 is 11.6 Å². The number of halogens is 4. The van der Waals surface area contributed by atoms with Crippen LogP contribution in [0.3, 0.4) is 0 Å². The highest BCUT2D eigenvalue weighted by atomic mass is 35.5. The maximum Gasteiger partial charge on any atom is 0.405 e. The monoisotopic (exact) mass is 400 g/mol. The number of allylic oxidation sites excluding steroid dienone is 1. The van der Waals surface area contributed by atoms with Crippen LogP contribution < -0.4 is 5.32 Å². The fourth-order valence-electron chi connectivity index (χ4n) is 3.80. The molecule has 1 aliphatic heterocycles. The highest BCUT2D eigenvalue weighted by Crippen LogP contribution is 2.43. The highest BCUT2D eigenvalue weighted by molar-refractivity contribution is 6.30. The number of hydrogen-bond donors (Lipinski definition) is 1. The van der Waals surface area contributed by atoms with E-state index in [0.29, 0.717) is 23.4 Å². The smallest absolute Gasteiger partial charge is 0.336 e. The number of carbonyl (C=O) groups is 1. The Labute approximate surface area is 162 Å². The molecule has 27 heavy (non-hydrogen) atoms. The topological polar surface area (TPSA) is 32.3 Å². The molecule has 1 fully saturated rings. The van der Waals surface area contributed by atoms with Crippen molar-refractivity contribution in [1.29, 1.82) is 0 Å². The minimum Gasteiger partial charge on any atom is -0.336 e. The number of hydrogen-bond acceptors (Lipinski definition) is 2. The molecule has 0 radical (unpaired) electrons. The summed E-state index contributed by atoms with van der Waals surface area (Å²) in [7, 11) is 0. The summed E-state index contributed by atoms with van der Waals surface area (Å²) in [5.74, 6) is -0.272. The number of nitrogens with one attached hydrogen (secondary N) is 1. The molecular formula is C20H24ClF3N2O. The lowest BCUT2D eigenvalue weighted by Crippen LogP contribution is -2.58. The molecular weight excluding hydrogens is 377 g/mol. The van der Waals surface area contributed by atoms with Gasteiger partial charge in [-0.15, -0.1) is 0 Å². The summed E-state index contributed by atoms with van der Waals surface area (Å²) in [4.78, 5) is 14.5. The van der Waals surface area contributed by atoms with Crippen LogP contribution in [0.5, 0.6) is 0 Å². The Hall–Kier alpha value is -1.53. The fraction of sp³-hybridized carbons (Fsp3) is 0.550. The van der Waals surface area contributed by atoms with Gasteiger partial charge in [0.1, 0.15) is 6.04 Å². The molecule has 1 saturated heterocycles. The molecule has 2 aliphatic rings. The summed E-state index contributed by atoms with van der Waals surface area (Å²) < 4.78 is 39.2. The van der Waals surface area contributed by atoms with Gasteiger partial charge < -0.3 is 10.2 Å². The van der Waals surface area contributed by atoms with Gasteiger partial charge in [0.2, 0.25) is 5.91 Å². The largest absolute Gasteiger partial charge is 0.405 e. The summed E-state index contributed by atoms with van der Waals surface area (Å²) >= 11 is 5.98. The zero-order chi connectivity index (χ0) is 19.8. The molecule has 1 unspecified atom stereocenters. The standard InChI is InChI=1S/C20H24ClF3N2O/c1-19(2)8-7-15(16(11-19)13-3-5-14(21)6-4-13)18(27)26-10-9-25-17(12-26)20(22,23)24/h3-6,17,25H,7-12H2,1-2H3. The van der Waals surface area contributed by atoms with E-state index in [-0.39, 0.29) is 31.0 Å². The highest BCUT2D eigenvalue weighted by Gasteiger charge is 2.43. The van der Waals surface area contributed by atoms with Crippen molar-refractivity contribution in [2.45, 2.75) is 45.3 Å².